The van der Waals surface area contributed by atoms with Gasteiger partial charge in [0.15, 0.2) is 5.79 Å². The highest BCUT2D eigenvalue weighted by atomic mass is 17.1. The lowest BCUT2D eigenvalue weighted by Crippen LogP contribution is -2.35. The molecule has 0 radical (unpaired) electrons. The first-order chi connectivity index (χ1) is 6.08. The van der Waals surface area contributed by atoms with Crippen LogP contribution < -0.4 is 0 Å². The first-order valence-corrected chi connectivity index (χ1v) is 4.20. The summed E-state index contributed by atoms with van der Waals surface area (Å²) in [5.74, 6) is -1.78. The molecule has 0 aromatic heterocycles. The maximum Gasteiger partial charge on any atom is 0.347 e. The van der Waals surface area contributed by atoms with Gasteiger partial charge in [0.1, 0.15) is 6.42 Å². The van der Waals surface area contributed by atoms with E-state index in [0.717, 1.165) is 0 Å². The summed E-state index contributed by atoms with van der Waals surface area (Å²) in [7, 11) is 0. The summed E-state index contributed by atoms with van der Waals surface area (Å²) in [6.07, 6.45) is -0.134. The molecule has 0 heterocycles. The average Bonchev–Trinajstić information content (AvgIpc) is 2.04. The van der Waals surface area contributed by atoms with E-state index in [0.29, 0.717) is 13.2 Å². The van der Waals surface area contributed by atoms with Gasteiger partial charge in [-0.2, -0.15) is 5.26 Å². The fourth-order valence-corrected chi connectivity index (χ4v) is 1.05. The Morgan fingerprint density at radius 2 is 1.77 bits per heavy atom. The zero-order valence-electron chi connectivity index (χ0n) is 8.20. The fraction of sp³-hybridized carbons (Fsp3) is 0.875. The van der Waals surface area contributed by atoms with E-state index < -0.39 is 11.8 Å². The van der Waals surface area contributed by atoms with Crippen LogP contribution in [0.25, 0.3) is 0 Å². The molecule has 5 nitrogen and oxygen atoms in total. The Kier molecular flexibility index (Phi) is 5.61. The minimum absolute atomic E-state index is 0.134. The predicted molar refractivity (Wildman–Crippen MR) is 45.0 cm³/mol. The molecule has 78 valence electrons. The van der Waals surface area contributed by atoms with Crippen molar-refractivity contribution in [3.05, 3.63) is 0 Å². The van der Waals surface area contributed by atoms with Gasteiger partial charge in [-0.3, -0.25) is 0 Å². The Labute approximate surface area is 77.5 Å². The van der Waals surface area contributed by atoms with Crippen LogP contribution in [0.4, 0.5) is 0 Å². The van der Waals surface area contributed by atoms with Crippen LogP contribution in [0.2, 0.25) is 0 Å². The Balaban J connectivity index is 4.13. The molecule has 0 aromatic carbocycles. The minimum Gasteiger partial charge on any atom is -0.350 e. The quantitative estimate of drug-likeness (QED) is 0.389. The van der Waals surface area contributed by atoms with Gasteiger partial charge in [0, 0.05) is 13.2 Å². The number of hydrogen-bond acceptors (Lipinski definition) is 5. The minimum atomic E-state index is -1.01. The molecular formula is C8H16O5. The first kappa shape index (κ1) is 12.3. The van der Waals surface area contributed by atoms with Crippen LogP contribution in [-0.4, -0.2) is 30.2 Å². The van der Waals surface area contributed by atoms with Gasteiger partial charge >= 0.3 is 5.97 Å². The van der Waals surface area contributed by atoms with Crippen LogP contribution in [0.3, 0.4) is 0 Å². The third kappa shape index (κ3) is 4.82. The van der Waals surface area contributed by atoms with Crippen LogP contribution in [-0.2, 0) is 19.2 Å². The summed E-state index contributed by atoms with van der Waals surface area (Å²) in [4.78, 5) is 14.3. The van der Waals surface area contributed by atoms with Crippen molar-refractivity contribution in [2.75, 3.05) is 13.2 Å². The van der Waals surface area contributed by atoms with Crippen molar-refractivity contribution in [1.29, 1.82) is 0 Å². The van der Waals surface area contributed by atoms with Gasteiger partial charge in [-0.05, 0) is 20.8 Å². The van der Waals surface area contributed by atoms with Crippen molar-refractivity contribution in [2.24, 2.45) is 0 Å². The lowest BCUT2D eigenvalue weighted by atomic mass is 10.2. The van der Waals surface area contributed by atoms with Gasteiger partial charge in [0.2, 0.25) is 0 Å². The number of ether oxygens (including phenoxy) is 2. The van der Waals surface area contributed by atoms with Gasteiger partial charge in [-0.1, -0.05) is 0 Å². The summed E-state index contributed by atoms with van der Waals surface area (Å²) in [5, 5.41) is 8.07. The highest BCUT2D eigenvalue weighted by Crippen LogP contribution is 2.17. The van der Waals surface area contributed by atoms with E-state index in [1.54, 1.807) is 20.8 Å². The summed E-state index contributed by atoms with van der Waals surface area (Å²) < 4.78 is 10.4. The molecule has 0 aliphatic carbocycles. The molecule has 0 amide bonds. The zero-order valence-corrected chi connectivity index (χ0v) is 8.20. The highest BCUT2D eigenvalue weighted by Gasteiger charge is 2.29. The number of carbonyl (C=O) groups is 1. The third-order valence-electron chi connectivity index (χ3n) is 1.47. The summed E-state index contributed by atoms with van der Waals surface area (Å²) in [6.45, 7) is 6.06. The normalized spacial score (nSPS) is 11.4. The Hall–Kier alpha value is -0.650. The predicted octanol–water partition coefficient (Wildman–Crippen LogP) is 1.18. The van der Waals surface area contributed by atoms with E-state index >= 15 is 0 Å². The highest BCUT2D eigenvalue weighted by molar-refractivity contribution is 5.69. The van der Waals surface area contributed by atoms with E-state index in [-0.39, 0.29) is 6.42 Å². The van der Waals surface area contributed by atoms with Crippen molar-refractivity contribution in [3.8, 4) is 0 Å². The molecule has 5 heteroatoms. The maximum absolute atomic E-state index is 10.7. The Bertz CT molecular complexity index is 151. The SMILES string of the molecule is CCOC(C)(CC(=O)OO)OCC. The molecule has 0 rings (SSSR count). The molecule has 0 aromatic rings. The van der Waals surface area contributed by atoms with E-state index in [9.17, 15) is 4.79 Å². The second-order valence-corrected chi connectivity index (χ2v) is 2.64. The van der Waals surface area contributed by atoms with Gasteiger partial charge in [-0.15, -0.1) is 0 Å². The number of rotatable bonds is 6. The zero-order chi connectivity index (χ0) is 10.3. The van der Waals surface area contributed by atoms with Crippen molar-refractivity contribution >= 4 is 5.97 Å². The smallest absolute Gasteiger partial charge is 0.347 e. The fourth-order valence-electron chi connectivity index (χ4n) is 1.05. The molecule has 0 bridgehead atoms. The van der Waals surface area contributed by atoms with Crippen LogP contribution in [0.15, 0.2) is 0 Å². The standard InChI is InChI=1S/C8H16O5/c1-4-11-8(3,12-5-2)6-7(9)13-10/h10H,4-6H2,1-3H3. The molecule has 0 fully saturated rings. The van der Waals surface area contributed by atoms with E-state index in [1.807, 2.05) is 0 Å². The molecule has 0 spiro atoms. The van der Waals surface area contributed by atoms with Gasteiger partial charge in [0.25, 0.3) is 0 Å². The van der Waals surface area contributed by atoms with E-state index in [4.69, 9.17) is 14.7 Å². The average molecular weight is 192 g/mol. The lowest BCUT2D eigenvalue weighted by Gasteiger charge is -2.27. The molecule has 0 saturated carbocycles. The maximum atomic E-state index is 10.7. The van der Waals surface area contributed by atoms with Gasteiger partial charge < -0.3 is 14.4 Å². The van der Waals surface area contributed by atoms with Crippen LogP contribution in [0, 0.1) is 0 Å². The molecular weight excluding hydrogens is 176 g/mol. The van der Waals surface area contributed by atoms with Gasteiger partial charge in [-0.25, -0.2) is 4.79 Å². The largest absolute Gasteiger partial charge is 0.350 e. The second kappa shape index (κ2) is 5.90. The Morgan fingerprint density at radius 3 is 2.08 bits per heavy atom. The molecule has 13 heavy (non-hydrogen) atoms. The van der Waals surface area contributed by atoms with Crippen molar-refractivity contribution < 1.29 is 24.4 Å². The molecule has 0 atom stereocenters. The summed E-state index contributed by atoms with van der Waals surface area (Å²) in [6, 6.07) is 0. The van der Waals surface area contributed by atoms with Crippen molar-refractivity contribution in [3.63, 3.8) is 0 Å². The van der Waals surface area contributed by atoms with Crippen LogP contribution in [0.5, 0.6) is 0 Å². The lowest BCUT2D eigenvalue weighted by molar-refractivity contribution is -0.260. The molecule has 1 N–H and O–H groups in total. The monoisotopic (exact) mass is 192 g/mol. The topological polar surface area (TPSA) is 65.0 Å². The molecule has 0 saturated heterocycles. The van der Waals surface area contributed by atoms with Gasteiger partial charge in [0.05, 0.1) is 0 Å². The van der Waals surface area contributed by atoms with Crippen LogP contribution >= 0.6 is 0 Å². The second-order valence-electron chi connectivity index (χ2n) is 2.64. The summed E-state index contributed by atoms with van der Waals surface area (Å²) in [5.41, 5.74) is 0. The molecule has 0 aliphatic heterocycles. The summed E-state index contributed by atoms with van der Waals surface area (Å²) >= 11 is 0. The van der Waals surface area contributed by atoms with Crippen LogP contribution in [0.1, 0.15) is 27.2 Å². The van der Waals surface area contributed by atoms with E-state index in [1.165, 1.54) is 0 Å². The van der Waals surface area contributed by atoms with Crippen molar-refractivity contribution in [1.82, 2.24) is 0 Å². The number of hydrogen-bond donors (Lipinski definition) is 1. The molecule has 0 aliphatic rings. The first-order valence-electron chi connectivity index (χ1n) is 4.20. The van der Waals surface area contributed by atoms with E-state index in [2.05, 4.69) is 4.89 Å². The Morgan fingerprint density at radius 1 is 1.31 bits per heavy atom. The van der Waals surface area contributed by atoms with Crippen molar-refractivity contribution in [2.45, 2.75) is 33.0 Å². The number of carbonyl (C=O) groups excluding carboxylic acids is 1. The third-order valence-corrected chi connectivity index (χ3v) is 1.47. The molecule has 0 unspecified atom stereocenters.